The molecule has 1 saturated heterocycles. The monoisotopic (exact) mass is 389 g/mol. The summed E-state index contributed by atoms with van der Waals surface area (Å²) in [5.41, 5.74) is 10.4. The van der Waals surface area contributed by atoms with Crippen LogP contribution in [0.1, 0.15) is 61.3 Å². The molecule has 2 aliphatic heterocycles. The van der Waals surface area contributed by atoms with Crippen LogP contribution < -0.4 is 15.4 Å². The van der Waals surface area contributed by atoms with Crippen molar-refractivity contribution in [3.05, 3.63) is 52.5 Å². The van der Waals surface area contributed by atoms with Crippen molar-refractivity contribution in [1.29, 1.82) is 5.26 Å². The first-order chi connectivity index (χ1) is 14.1. The van der Waals surface area contributed by atoms with Crippen molar-refractivity contribution in [2.45, 2.75) is 51.0 Å². The van der Waals surface area contributed by atoms with Crippen LogP contribution in [0.15, 0.2) is 35.7 Å². The summed E-state index contributed by atoms with van der Waals surface area (Å²) in [6.45, 7) is 3.45. The zero-order valence-corrected chi connectivity index (χ0v) is 16.4. The van der Waals surface area contributed by atoms with E-state index in [9.17, 15) is 10.1 Å². The maximum Gasteiger partial charge on any atom is 0.227 e. The summed E-state index contributed by atoms with van der Waals surface area (Å²) in [6.07, 6.45) is 3.71. The molecule has 29 heavy (non-hydrogen) atoms. The van der Waals surface area contributed by atoms with Crippen LogP contribution in [-0.2, 0) is 11.3 Å². The van der Waals surface area contributed by atoms with E-state index < -0.39 is 0 Å². The summed E-state index contributed by atoms with van der Waals surface area (Å²) in [7, 11) is 0. The Bertz CT molecular complexity index is 1060. The molecular weight excluding hydrogens is 366 g/mol. The van der Waals surface area contributed by atoms with Gasteiger partial charge in [-0.2, -0.15) is 10.4 Å². The highest BCUT2D eigenvalue weighted by atomic mass is 16.5. The van der Waals surface area contributed by atoms with E-state index in [-0.39, 0.29) is 17.7 Å². The van der Waals surface area contributed by atoms with Crippen molar-refractivity contribution in [2.24, 2.45) is 5.73 Å². The summed E-state index contributed by atoms with van der Waals surface area (Å²) in [4.78, 5) is 13.9. The fourth-order valence-electron chi connectivity index (χ4n) is 4.40. The van der Waals surface area contributed by atoms with Gasteiger partial charge in [0, 0.05) is 31.1 Å². The van der Waals surface area contributed by atoms with Crippen molar-refractivity contribution >= 4 is 11.6 Å². The minimum atomic E-state index is -0.303. The average molecular weight is 389 g/mol. The summed E-state index contributed by atoms with van der Waals surface area (Å²) < 4.78 is 7.71. The molecule has 1 aromatic carbocycles. The number of nitrogens with zero attached hydrogens (tertiary/aromatic N) is 4. The lowest BCUT2D eigenvalue weighted by Gasteiger charge is -2.25. The molecule has 1 unspecified atom stereocenters. The Kier molecular flexibility index (Phi) is 4.09. The molecule has 1 amide bonds. The molecule has 1 atom stereocenters. The lowest BCUT2D eigenvalue weighted by atomic mass is 9.83. The van der Waals surface area contributed by atoms with Crippen LogP contribution in [0, 0.1) is 11.3 Å². The molecule has 1 saturated carbocycles. The second-order valence-corrected chi connectivity index (χ2v) is 7.86. The maximum absolute atomic E-state index is 12.1. The fraction of sp³-hybridized carbons (Fsp3) is 0.409. The minimum absolute atomic E-state index is 0.140. The van der Waals surface area contributed by atoms with Gasteiger partial charge in [-0.25, -0.2) is 4.68 Å². The van der Waals surface area contributed by atoms with E-state index in [0.29, 0.717) is 30.3 Å². The molecule has 2 N–H and O–H groups in total. The molecule has 1 aromatic heterocycles. The summed E-state index contributed by atoms with van der Waals surface area (Å²) in [5.74, 6) is 1.06. The number of carbonyl (C=O) groups is 1. The van der Waals surface area contributed by atoms with E-state index in [4.69, 9.17) is 15.6 Å². The summed E-state index contributed by atoms with van der Waals surface area (Å²) in [5, 5.41) is 14.6. The topological polar surface area (TPSA) is 97.2 Å². The second kappa shape index (κ2) is 6.66. The average Bonchev–Trinajstić information content (AvgIpc) is 3.39. The van der Waals surface area contributed by atoms with Crippen molar-refractivity contribution in [3.63, 3.8) is 0 Å². The molecule has 3 heterocycles. The molecule has 5 rings (SSSR count). The number of nitrogens with two attached hydrogens (primary N) is 1. The van der Waals surface area contributed by atoms with Crippen LogP contribution in [0.25, 0.3) is 0 Å². The number of anilines is 1. The Morgan fingerprint density at radius 1 is 1.31 bits per heavy atom. The second-order valence-electron chi connectivity index (χ2n) is 7.86. The van der Waals surface area contributed by atoms with Gasteiger partial charge in [0.1, 0.15) is 11.6 Å². The SMILES string of the molecule is CCn1nc(C2CC2)c2c1OC(N)=C(C#N)C2c1ccc(N2CCCC2=O)cc1. The molecule has 7 heteroatoms. The van der Waals surface area contributed by atoms with Crippen LogP contribution in [-0.4, -0.2) is 22.2 Å². The minimum Gasteiger partial charge on any atom is -0.422 e. The number of benzene rings is 1. The number of hydrogen-bond acceptors (Lipinski definition) is 5. The quantitative estimate of drug-likeness (QED) is 0.866. The van der Waals surface area contributed by atoms with E-state index in [1.807, 2.05) is 40.8 Å². The Hall–Kier alpha value is -3.27. The lowest BCUT2D eigenvalue weighted by molar-refractivity contribution is -0.117. The normalized spacial score (nSPS) is 21.2. The number of aromatic nitrogens is 2. The van der Waals surface area contributed by atoms with Gasteiger partial charge in [0.25, 0.3) is 0 Å². The predicted molar refractivity (Wildman–Crippen MR) is 107 cm³/mol. The first-order valence-electron chi connectivity index (χ1n) is 10.2. The van der Waals surface area contributed by atoms with Gasteiger partial charge in [0.05, 0.1) is 17.2 Å². The van der Waals surface area contributed by atoms with Gasteiger partial charge >= 0.3 is 0 Å². The van der Waals surface area contributed by atoms with Gasteiger partial charge in [-0.15, -0.1) is 0 Å². The zero-order valence-electron chi connectivity index (χ0n) is 16.4. The summed E-state index contributed by atoms with van der Waals surface area (Å²) >= 11 is 0. The number of rotatable bonds is 4. The van der Waals surface area contributed by atoms with Gasteiger partial charge < -0.3 is 15.4 Å². The number of nitriles is 1. The standard InChI is InChI=1S/C22H23N5O2/c1-2-27-22-19(20(25-27)14-5-6-14)18(16(12-23)21(24)29-22)13-7-9-15(10-8-13)26-11-3-4-17(26)28/h7-10,14,18H,2-6,11,24H2,1H3. The molecule has 2 aromatic rings. The number of allylic oxidation sites excluding steroid dienone is 1. The molecular formula is C22H23N5O2. The zero-order chi connectivity index (χ0) is 20.1. The third-order valence-electron chi connectivity index (χ3n) is 6.01. The van der Waals surface area contributed by atoms with Crippen molar-refractivity contribution in [3.8, 4) is 11.9 Å². The van der Waals surface area contributed by atoms with Gasteiger partial charge in [-0.1, -0.05) is 12.1 Å². The number of fused-ring (bicyclic) bond motifs is 1. The Balaban J connectivity index is 1.61. The van der Waals surface area contributed by atoms with Crippen LogP contribution in [0.2, 0.25) is 0 Å². The van der Waals surface area contributed by atoms with E-state index in [2.05, 4.69) is 6.07 Å². The lowest BCUT2D eigenvalue weighted by Crippen LogP contribution is -2.24. The first kappa shape index (κ1) is 17.8. The molecule has 0 bridgehead atoms. The number of aryl methyl sites for hydroxylation is 1. The van der Waals surface area contributed by atoms with E-state index >= 15 is 0 Å². The molecule has 0 spiro atoms. The first-order valence-corrected chi connectivity index (χ1v) is 10.2. The van der Waals surface area contributed by atoms with Crippen molar-refractivity contribution < 1.29 is 9.53 Å². The number of ether oxygens (including phenoxy) is 1. The Morgan fingerprint density at radius 2 is 2.07 bits per heavy atom. The third kappa shape index (κ3) is 2.79. The smallest absolute Gasteiger partial charge is 0.227 e. The van der Waals surface area contributed by atoms with Crippen molar-refractivity contribution in [1.82, 2.24) is 9.78 Å². The van der Waals surface area contributed by atoms with Crippen LogP contribution in [0.4, 0.5) is 5.69 Å². The predicted octanol–water partition coefficient (Wildman–Crippen LogP) is 3.13. The maximum atomic E-state index is 12.1. The Labute approximate surface area is 169 Å². The molecule has 148 valence electrons. The van der Waals surface area contributed by atoms with Gasteiger partial charge in [0.15, 0.2) is 0 Å². The highest BCUT2D eigenvalue weighted by Crippen LogP contribution is 2.50. The fourth-order valence-corrected chi connectivity index (χ4v) is 4.40. The third-order valence-corrected chi connectivity index (χ3v) is 6.01. The highest BCUT2D eigenvalue weighted by Gasteiger charge is 2.41. The molecule has 3 aliphatic rings. The number of carbonyl (C=O) groups excluding carboxylic acids is 1. The van der Waals surface area contributed by atoms with Gasteiger partial charge in [-0.05, 0) is 43.9 Å². The van der Waals surface area contributed by atoms with Gasteiger partial charge in [0.2, 0.25) is 17.7 Å². The van der Waals surface area contributed by atoms with Crippen LogP contribution >= 0.6 is 0 Å². The Morgan fingerprint density at radius 3 is 2.66 bits per heavy atom. The van der Waals surface area contributed by atoms with E-state index in [1.165, 1.54) is 0 Å². The molecule has 0 radical (unpaired) electrons. The van der Waals surface area contributed by atoms with Crippen LogP contribution in [0.5, 0.6) is 5.88 Å². The summed E-state index contributed by atoms with van der Waals surface area (Å²) in [6, 6.07) is 10.2. The van der Waals surface area contributed by atoms with Crippen LogP contribution in [0.3, 0.4) is 0 Å². The highest BCUT2D eigenvalue weighted by molar-refractivity contribution is 5.95. The molecule has 2 fully saturated rings. The van der Waals surface area contributed by atoms with E-state index in [1.54, 1.807) is 0 Å². The van der Waals surface area contributed by atoms with Crippen molar-refractivity contribution in [2.75, 3.05) is 11.4 Å². The largest absolute Gasteiger partial charge is 0.422 e. The number of hydrogen-bond donors (Lipinski definition) is 1. The molecule has 7 nitrogen and oxygen atoms in total. The van der Waals surface area contributed by atoms with E-state index in [0.717, 1.165) is 48.3 Å². The number of amides is 1. The van der Waals surface area contributed by atoms with Gasteiger partial charge in [-0.3, -0.25) is 4.79 Å². The molecule has 1 aliphatic carbocycles.